The topological polar surface area (TPSA) is 61.9 Å². The summed E-state index contributed by atoms with van der Waals surface area (Å²) >= 11 is 3.36. The van der Waals surface area contributed by atoms with Crippen molar-refractivity contribution in [1.29, 1.82) is 0 Å². The first-order valence-electron chi connectivity index (χ1n) is 6.85. The van der Waals surface area contributed by atoms with E-state index >= 15 is 0 Å². The summed E-state index contributed by atoms with van der Waals surface area (Å²) in [5.74, 6) is -1.23. The summed E-state index contributed by atoms with van der Waals surface area (Å²) in [4.78, 5) is 23.5. The Bertz CT molecular complexity index is 790. The maximum Gasteiger partial charge on any atom is 0.449 e. The Kier molecular flexibility index (Phi) is 4.24. The van der Waals surface area contributed by atoms with Crippen LogP contribution in [0.25, 0.3) is 0 Å². The molecule has 0 aromatic carbocycles. The minimum Gasteiger partial charge on any atom is -0.303 e. The third-order valence-corrected chi connectivity index (χ3v) is 4.36. The van der Waals surface area contributed by atoms with Gasteiger partial charge in [-0.05, 0) is 27.6 Å². The summed E-state index contributed by atoms with van der Waals surface area (Å²) in [6, 6.07) is 3.71. The van der Waals surface area contributed by atoms with Crippen LogP contribution in [0.5, 0.6) is 0 Å². The second kappa shape index (κ2) is 6.04. The molecule has 1 N–H and O–H groups in total. The second-order valence-corrected chi connectivity index (χ2v) is 6.00. The average molecular weight is 389 g/mol. The smallest absolute Gasteiger partial charge is 0.303 e. The normalized spacial score (nSPS) is 15.5. The van der Waals surface area contributed by atoms with E-state index < -0.39 is 17.6 Å². The van der Waals surface area contributed by atoms with Gasteiger partial charge < -0.3 is 4.98 Å². The summed E-state index contributed by atoms with van der Waals surface area (Å²) in [5, 5.41) is 0. The molecule has 3 rings (SSSR count). The minimum absolute atomic E-state index is 0.225. The summed E-state index contributed by atoms with van der Waals surface area (Å²) < 4.78 is 38.8. The Morgan fingerprint density at radius 2 is 2.17 bits per heavy atom. The highest BCUT2D eigenvalue weighted by Gasteiger charge is 2.35. The number of nitrogens with one attached hydrogen (secondary N) is 1. The molecule has 3 heterocycles. The van der Waals surface area contributed by atoms with Gasteiger partial charge in [0.25, 0.3) is 5.56 Å². The van der Waals surface area contributed by atoms with Crippen molar-refractivity contribution in [2.24, 2.45) is 0 Å². The fourth-order valence-corrected chi connectivity index (χ4v) is 2.90. The van der Waals surface area contributed by atoms with Crippen LogP contribution in [0, 0.1) is 0 Å². The number of aromatic amines is 1. The van der Waals surface area contributed by atoms with E-state index in [1.54, 1.807) is 6.20 Å². The van der Waals surface area contributed by atoms with Gasteiger partial charge >= 0.3 is 6.18 Å². The third-order valence-electron chi connectivity index (χ3n) is 3.65. The van der Waals surface area contributed by atoms with Crippen LogP contribution < -0.4 is 5.56 Å². The van der Waals surface area contributed by atoms with Gasteiger partial charge in [0.1, 0.15) is 4.60 Å². The molecule has 0 saturated heterocycles. The SMILES string of the molecule is O=c1[nH]c(C(F)(F)F)nc2c1CN(Cc1cccnc1Br)CC2. The molecule has 1 aliphatic heterocycles. The summed E-state index contributed by atoms with van der Waals surface area (Å²) in [6.07, 6.45) is -2.68. The number of H-pyrrole nitrogens is 1. The van der Waals surface area contributed by atoms with Crippen molar-refractivity contribution in [2.75, 3.05) is 6.54 Å². The van der Waals surface area contributed by atoms with Gasteiger partial charge in [0.2, 0.25) is 5.82 Å². The standard InChI is InChI=1S/C14H12BrF3N4O/c15-11-8(2-1-4-19-11)6-22-5-3-10-9(7-22)12(23)21-13(20-10)14(16,17)18/h1-2,4H,3,5-7H2,(H,20,21,23). The molecule has 2 aromatic rings. The number of hydrogen-bond donors (Lipinski definition) is 1. The van der Waals surface area contributed by atoms with Crippen LogP contribution in [0.2, 0.25) is 0 Å². The number of rotatable bonds is 2. The first-order chi connectivity index (χ1) is 10.8. The molecular weight excluding hydrogens is 377 g/mol. The van der Waals surface area contributed by atoms with Gasteiger partial charge in [0.05, 0.1) is 11.3 Å². The van der Waals surface area contributed by atoms with Crippen molar-refractivity contribution in [3.63, 3.8) is 0 Å². The van der Waals surface area contributed by atoms with Crippen LogP contribution in [0.15, 0.2) is 27.7 Å². The van der Waals surface area contributed by atoms with E-state index in [9.17, 15) is 18.0 Å². The second-order valence-electron chi connectivity index (χ2n) is 5.25. The summed E-state index contributed by atoms with van der Waals surface area (Å²) in [7, 11) is 0. The van der Waals surface area contributed by atoms with Crippen LogP contribution in [-0.2, 0) is 25.7 Å². The van der Waals surface area contributed by atoms with Crippen molar-refractivity contribution in [2.45, 2.75) is 25.7 Å². The van der Waals surface area contributed by atoms with Crippen LogP contribution >= 0.6 is 15.9 Å². The average Bonchev–Trinajstić information content (AvgIpc) is 2.49. The van der Waals surface area contributed by atoms with Crippen LogP contribution in [0.4, 0.5) is 13.2 Å². The van der Waals surface area contributed by atoms with Gasteiger partial charge in [0.15, 0.2) is 0 Å². The largest absolute Gasteiger partial charge is 0.449 e. The molecule has 0 bridgehead atoms. The van der Waals surface area contributed by atoms with Crippen molar-refractivity contribution in [3.05, 3.63) is 55.9 Å². The highest BCUT2D eigenvalue weighted by atomic mass is 79.9. The van der Waals surface area contributed by atoms with Crippen molar-refractivity contribution in [1.82, 2.24) is 19.9 Å². The predicted octanol–water partition coefficient (Wildman–Crippen LogP) is 2.50. The number of nitrogens with zero attached hydrogens (tertiary/aromatic N) is 3. The zero-order valence-electron chi connectivity index (χ0n) is 11.8. The molecule has 0 aliphatic carbocycles. The molecule has 0 amide bonds. The minimum atomic E-state index is -4.65. The van der Waals surface area contributed by atoms with Crippen molar-refractivity contribution >= 4 is 15.9 Å². The molecule has 5 nitrogen and oxygen atoms in total. The maximum absolute atomic E-state index is 12.7. The molecule has 0 fully saturated rings. The molecule has 9 heteroatoms. The van der Waals surface area contributed by atoms with E-state index in [0.29, 0.717) is 29.7 Å². The van der Waals surface area contributed by atoms with Gasteiger partial charge in [-0.2, -0.15) is 13.2 Å². The Balaban J connectivity index is 1.84. The van der Waals surface area contributed by atoms with Gasteiger partial charge in [-0.25, -0.2) is 9.97 Å². The van der Waals surface area contributed by atoms with E-state index in [2.05, 4.69) is 25.9 Å². The van der Waals surface area contributed by atoms with Gasteiger partial charge in [-0.15, -0.1) is 0 Å². The molecule has 0 spiro atoms. The van der Waals surface area contributed by atoms with Crippen molar-refractivity contribution < 1.29 is 13.2 Å². The maximum atomic E-state index is 12.7. The van der Waals surface area contributed by atoms with E-state index in [4.69, 9.17) is 0 Å². The first kappa shape index (κ1) is 16.1. The Morgan fingerprint density at radius 3 is 2.87 bits per heavy atom. The first-order valence-corrected chi connectivity index (χ1v) is 7.65. The molecule has 0 unspecified atom stereocenters. The fourth-order valence-electron chi connectivity index (χ4n) is 2.53. The number of fused-ring (bicyclic) bond motifs is 1. The quantitative estimate of drug-likeness (QED) is 0.802. The molecule has 122 valence electrons. The lowest BCUT2D eigenvalue weighted by molar-refractivity contribution is -0.145. The molecule has 23 heavy (non-hydrogen) atoms. The number of alkyl halides is 3. The fraction of sp³-hybridized carbons (Fsp3) is 0.357. The Hall–Kier alpha value is -1.74. The highest BCUT2D eigenvalue weighted by molar-refractivity contribution is 9.10. The molecule has 1 aliphatic rings. The number of hydrogen-bond acceptors (Lipinski definition) is 4. The molecule has 0 radical (unpaired) electrons. The molecule has 2 aromatic heterocycles. The number of aromatic nitrogens is 3. The Labute approximate surface area is 137 Å². The zero-order valence-corrected chi connectivity index (χ0v) is 13.4. The van der Waals surface area contributed by atoms with E-state index in [-0.39, 0.29) is 12.2 Å². The lowest BCUT2D eigenvalue weighted by Gasteiger charge is -2.28. The number of pyridine rings is 1. The molecule has 0 atom stereocenters. The lowest BCUT2D eigenvalue weighted by Crippen LogP contribution is -2.36. The van der Waals surface area contributed by atoms with Crippen molar-refractivity contribution in [3.8, 4) is 0 Å². The van der Waals surface area contributed by atoms with Crippen LogP contribution in [0.3, 0.4) is 0 Å². The van der Waals surface area contributed by atoms with E-state index in [0.717, 1.165) is 5.56 Å². The predicted molar refractivity (Wildman–Crippen MR) is 79.6 cm³/mol. The summed E-state index contributed by atoms with van der Waals surface area (Å²) in [5.41, 5.74) is 0.747. The summed E-state index contributed by atoms with van der Waals surface area (Å²) in [6.45, 7) is 1.34. The molecule has 0 saturated carbocycles. The Morgan fingerprint density at radius 1 is 1.39 bits per heavy atom. The third kappa shape index (κ3) is 3.45. The van der Waals surface area contributed by atoms with Crippen LogP contribution in [0.1, 0.15) is 22.6 Å². The molecular formula is C14H12BrF3N4O. The van der Waals surface area contributed by atoms with Gasteiger partial charge in [-0.1, -0.05) is 6.07 Å². The zero-order chi connectivity index (χ0) is 16.6. The van der Waals surface area contributed by atoms with E-state index in [1.165, 1.54) is 0 Å². The highest BCUT2D eigenvalue weighted by Crippen LogP contribution is 2.27. The van der Waals surface area contributed by atoms with Gasteiger partial charge in [0, 0.05) is 32.3 Å². The lowest BCUT2D eigenvalue weighted by atomic mass is 10.1. The number of halogens is 4. The van der Waals surface area contributed by atoms with Gasteiger partial charge in [-0.3, -0.25) is 9.69 Å². The monoisotopic (exact) mass is 388 g/mol. The van der Waals surface area contributed by atoms with Crippen LogP contribution in [-0.4, -0.2) is 26.4 Å². The van der Waals surface area contributed by atoms with E-state index in [1.807, 2.05) is 22.0 Å².